The molecule has 0 atom stereocenters. The molecule has 5 heteroatoms. The van der Waals surface area contributed by atoms with Crippen LogP contribution in [0.1, 0.15) is 19.0 Å². The van der Waals surface area contributed by atoms with Crippen LogP contribution in [0.25, 0.3) is 10.9 Å². The number of H-pyrrole nitrogens is 1. The minimum absolute atomic E-state index is 0.195. The summed E-state index contributed by atoms with van der Waals surface area (Å²) in [5, 5.41) is 8.04. The van der Waals surface area contributed by atoms with Crippen molar-refractivity contribution >= 4 is 22.6 Å². The number of nitrogen functional groups attached to an aromatic ring is 1. The van der Waals surface area contributed by atoms with E-state index in [1.54, 1.807) is 13.0 Å². The monoisotopic (exact) mass is 233 g/mol. The highest BCUT2D eigenvalue weighted by molar-refractivity contribution is 5.84. The second-order valence-electron chi connectivity index (χ2n) is 3.78. The molecule has 0 aliphatic rings. The molecule has 0 saturated carbocycles. The first-order valence-electron chi connectivity index (χ1n) is 5.59. The van der Waals surface area contributed by atoms with Gasteiger partial charge in [-0.3, -0.25) is 9.89 Å². The summed E-state index contributed by atoms with van der Waals surface area (Å²) in [5.74, 6) is -0.195. The van der Waals surface area contributed by atoms with Crippen molar-refractivity contribution in [3.8, 4) is 0 Å². The summed E-state index contributed by atoms with van der Waals surface area (Å²) in [7, 11) is 0. The summed E-state index contributed by atoms with van der Waals surface area (Å²) in [5.41, 5.74) is 8.19. The van der Waals surface area contributed by atoms with Gasteiger partial charge in [-0.2, -0.15) is 5.10 Å². The van der Waals surface area contributed by atoms with E-state index in [1.807, 2.05) is 12.1 Å². The first-order chi connectivity index (χ1) is 8.20. The minimum Gasteiger partial charge on any atom is -0.466 e. The molecule has 5 nitrogen and oxygen atoms in total. The van der Waals surface area contributed by atoms with E-state index in [0.717, 1.165) is 16.6 Å². The number of carbonyl (C=O) groups is 1. The second-order valence-corrected chi connectivity index (χ2v) is 3.78. The Hall–Kier alpha value is -2.04. The SMILES string of the molecule is CCOC(=O)CCc1[nH]nc2ccc(N)cc12. The Balaban J connectivity index is 2.13. The van der Waals surface area contributed by atoms with Crippen LogP contribution in [0.5, 0.6) is 0 Å². The summed E-state index contributed by atoms with van der Waals surface area (Å²) < 4.78 is 4.88. The molecule has 2 aromatic rings. The normalized spacial score (nSPS) is 10.6. The van der Waals surface area contributed by atoms with Crippen LogP contribution in [0.4, 0.5) is 5.69 Å². The second kappa shape index (κ2) is 4.86. The molecule has 0 spiro atoms. The van der Waals surface area contributed by atoms with Gasteiger partial charge in [0.1, 0.15) is 0 Å². The van der Waals surface area contributed by atoms with E-state index in [1.165, 1.54) is 0 Å². The number of hydrogen-bond donors (Lipinski definition) is 2. The fourth-order valence-electron chi connectivity index (χ4n) is 1.73. The largest absolute Gasteiger partial charge is 0.466 e. The highest BCUT2D eigenvalue weighted by Gasteiger charge is 2.08. The van der Waals surface area contributed by atoms with Gasteiger partial charge in [-0.15, -0.1) is 0 Å². The quantitative estimate of drug-likeness (QED) is 0.621. The molecule has 0 unspecified atom stereocenters. The summed E-state index contributed by atoms with van der Waals surface area (Å²) in [6.07, 6.45) is 0.929. The smallest absolute Gasteiger partial charge is 0.306 e. The standard InChI is InChI=1S/C12H15N3O2/c1-2-17-12(16)6-5-11-9-7-8(13)3-4-10(9)14-15-11/h3-4,7H,2,5-6,13H2,1H3,(H,14,15). The number of aromatic nitrogens is 2. The highest BCUT2D eigenvalue weighted by Crippen LogP contribution is 2.19. The average molecular weight is 233 g/mol. The van der Waals surface area contributed by atoms with Gasteiger partial charge in [0.15, 0.2) is 0 Å². The molecule has 2 rings (SSSR count). The fraction of sp³-hybridized carbons (Fsp3) is 0.333. The Kier molecular flexibility index (Phi) is 3.27. The van der Waals surface area contributed by atoms with E-state index in [4.69, 9.17) is 10.5 Å². The van der Waals surface area contributed by atoms with Crippen LogP contribution in [0.2, 0.25) is 0 Å². The molecule has 0 radical (unpaired) electrons. The Morgan fingerprint density at radius 1 is 1.53 bits per heavy atom. The maximum absolute atomic E-state index is 11.3. The molecule has 1 aromatic heterocycles. The maximum Gasteiger partial charge on any atom is 0.306 e. The molecule has 17 heavy (non-hydrogen) atoms. The van der Waals surface area contributed by atoms with Crippen LogP contribution in [0.3, 0.4) is 0 Å². The van der Waals surface area contributed by atoms with Crippen LogP contribution in [0, 0.1) is 0 Å². The lowest BCUT2D eigenvalue weighted by molar-refractivity contribution is -0.143. The molecule has 0 aliphatic carbocycles. The van der Waals surface area contributed by atoms with Gasteiger partial charge < -0.3 is 10.5 Å². The lowest BCUT2D eigenvalue weighted by Gasteiger charge is -2.00. The number of rotatable bonds is 4. The molecule has 0 bridgehead atoms. The number of nitrogens with one attached hydrogen (secondary N) is 1. The lowest BCUT2D eigenvalue weighted by atomic mass is 10.1. The third-order valence-electron chi connectivity index (χ3n) is 2.54. The van der Waals surface area contributed by atoms with Crippen LogP contribution in [-0.4, -0.2) is 22.8 Å². The Morgan fingerprint density at radius 3 is 3.12 bits per heavy atom. The van der Waals surface area contributed by atoms with Gasteiger partial charge in [-0.05, 0) is 25.1 Å². The van der Waals surface area contributed by atoms with Crippen LogP contribution < -0.4 is 5.73 Å². The van der Waals surface area contributed by atoms with Gasteiger partial charge in [-0.25, -0.2) is 0 Å². The molecule has 3 N–H and O–H groups in total. The van der Waals surface area contributed by atoms with Crippen LogP contribution >= 0.6 is 0 Å². The molecule has 90 valence electrons. The number of anilines is 1. The first kappa shape index (κ1) is 11.4. The van der Waals surface area contributed by atoms with E-state index >= 15 is 0 Å². The van der Waals surface area contributed by atoms with Crippen molar-refractivity contribution in [3.05, 3.63) is 23.9 Å². The van der Waals surface area contributed by atoms with Gasteiger partial charge in [0, 0.05) is 23.2 Å². The highest BCUT2D eigenvalue weighted by atomic mass is 16.5. The van der Waals surface area contributed by atoms with E-state index in [9.17, 15) is 4.79 Å². The number of benzene rings is 1. The number of nitrogens with two attached hydrogens (primary N) is 1. The summed E-state index contributed by atoms with van der Waals surface area (Å²) in [6, 6.07) is 5.52. The number of fused-ring (bicyclic) bond motifs is 1. The topological polar surface area (TPSA) is 81.0 Å². The number of nitrogens with zero attached hydrogens (tertiary/aromatic N) is 1. The van der Waals surface area contributed by atoms with Crippen molar-refractivity contribution in [2.24, 2.45) is 0 Å². The lowest BCUT2D eigenvalue weighted by Crippen LogP contribution is -2.05. The third-order valence-corrected chi connectivity index (χ3v) is 2.54. The number of ether oxygens (including phenoxy) is 1. The van der Waals surface area contributed by atoms with Gasteiger partial charge in [0.25, 0.3) is 0 Å². The molecular formula is C12H15N3O2. The van der Waals surface area contributed by atoms with E-state index in [2.05, 4.69) is 10.2 Å². The zero-order chi connectivity index (χ0) is 12.3. The Labute approximate surface area is 98.9 Å². The van der Waals surface area contributed by atoms with Crippen molar-refractivity contribution in [2.45, 2.75) is 19.8 Å². The molecule has 1 aromatic carbocycles. The molecule has 1 heterocycles. The number of aromatic amines is 1. The number of carbonyl (C=O) groups excluding carboxylic acids is 1. The average Bonchev–Trinajstić information content (AvgIpc) is 2.69. The van der Waals surface area contributed by atoms with Gasteiger partial charge in [-0.1, -0.05) is 0 Å². The zero-order valence-electron chi connectivity index (χ0n) is 9.69. The molecule has 0 fully saturated rings. The predicted molar refractivity (Wildman–Crippen MR) is 65.5 cm³/mol. The van der Waals surface area contributed by atoms with E-state index < -0.39 is 0 Å². The van der Waals surface area contributed by atoms with E-state index in [-0.39, 0.29) is 5.97 Å². The first-order valence-corrected chi connectivity index (χ1v) is 5.59. The molecular weight excluding hydrogens is 218 g/mol. The van der Waals surface area contributed by atoms with E-state index in [0.29, 0.717) is 25.1 Å². The number of aryl methyl sites for hydroxylation is 1. The van der Waals surface area contributed by atoms with Crippen molar-refractivity contribution in [1.82, 2.24) is 10.2 Å². The third kappa shape index (κ3) is 2.55. The number of esters is 1. The summed E-state index contributed by atoms with van der Waals surface area (Å²) in [4.78, 5) is 11.3. The van der Waals surface area contributed by atoms with Gasteiger partial charge in [0.05, 0.1) is 18.5 Å². The summed E-state index contributed by atoms with van der Waals surface area (Å²) >= 11 is 0. The molecule has 0 aliphatic heterocycles. The minimum atomic E-state index is -0.195. The van der Waals surface area contributed by atoms with Crippen molar-refractivity contribution in [2.75, 3.05) is 12.3 Å². The van der Waals surface area contributed by atoms with Crippen molar-refractivity contribution in [3.63, 3.8) is 0 Å². The molecule has 0 amide bonds. The fourth-order valence-corrected chi connectivity index (χ4v) is 1.73. The molecule has 0 saturated heterocycles. The number of hydrogen-bond acceptors (Lipinski definition) is 4. The van der Waals surface area contributed by atoms with Gasteiger partial charge in [0.2, 0.25) is 0 Å². The van der Waals surface area contributed by atoms with Crippen LogP contribution in [0.15, 0.2) is 18.2 Å². The van der Waals surface area contributed by atoms with Crippen molar-refractivity contribution in [1.29, 1.82) is 0 Å². The maximum atomic E-state index is 11.3. The Morgan fingerprint density at radius 2 is 2.35 bits per heavy atom. The zero-order valence-corrected chi connectivity index (χ0v) is 9.69. The predicted octanol–water partition coefficient (Wildman–Crippen LogP) is 1.64. The van der Waals surface area contributed by atoms with Gasteiger partial charge >= 0.3 is 5.97 Å². The summed E-state index contributed by atoms with van der Waals surface area (Å²) in [6.45, 7) is 2.21. The van der Waals surface area contributed by atoms with Crippen LogP contribution in [-0.2, 0) is 16.0 Å². The van der Waals surface area contributed by atoms with Crippen molar-refractivity contribution < 1.29 is 9.53 Å². The Bertz CT molecular complexity index is 534.